The van der Waals surface area contributed by atoms with Crippen molar-refractivity contribution >= 4 is 35.6 Å². The molecule has 0 unspecified atom stereocenters. The molecular formula is C50H65N3O14. The van der Waals surface area contributed by atoms with Gasteiger partial charge in [0.05, 0.1) is 46.9 Å². The fourth-order valence-corrected chi connectivity index (χ4v) is 8.79. The molecule has 1 N–H and O–H groups in total. The highest BCUT2D eigenvalue weighted by atomic mass is 16.7. The van der Waals surface area contributed by atoms with E-state index in [-0.39, 0.29) is 31.8 Å². The number of hydroxylamine groups is 2. The molecule has 5 rings (SSSR count). The lowest BCUT2D eigenvalue weighted by atomic mass is 9.80. The Kier molecular flexibility index (Phi) is 17.5. The van der Waals surface area contributed by atoms with E-state index in [0.717, 1.165) is 18.4 Å². The van der Waals surface area contributed by atoms with Crippen molar-refractivity contribution in [3.63, 3.8) is 0 Å². The van der Waals surface area contributed by atoms with Gasteiger partial charge in [-0.05, 0) is 126 Å². The smallest absolute Gasteiger partial charge is 0.338 e. The van der Waals surface area contributed by atoms with Crippen LogP contribution in [0.4, 0.5) is 0 Å². The van der Waals surface area contributed by atoms with E-state index in [4.69, 9.17) is 38.0 Å². The number of piperidine rings is 1. The van der Waals surface area contributed by atoms with Crippen molar-refractivity contribution < 1.29 is 66.8 Å². The first-order chi connectivity index (χ1) is 31.9. The molecule has 2 heterocycles. The van der Waals surface area contributed by atoms with Crippen LogP contribution in [0.25, 0.3) is 0 Å². The minimum atomic E-state index is -1.18. The van der Waals surface area contributed by atoms with Gasteiger partial charge in [0.15, 0.2) is 29.6 Å². The average Bonchev–Trinajstić information content (AvgIpc) is 3.63. The first-order valence-corrected chi connectivity index (χ1v) is 22.5. The summed E-state index contributed by atoms with van der Waals surface area (Å²) >= 11 is 0. The summed E-state index contributed by atoms with van der Waals surface area (Å²) in [5.74, 6) is -1.06. The van der Waals surface area contributed by atoms with Gasteiger partial charge in [-0.2, -0.15) is 0 Å². The summed E-state index contributed by atoms with van der Waals surface area (Å²) in [5, 5.41) is 3.41. The third-order valence-corrected chi connectivity index (χ3v) is 11.9. The van der Waals surface area contributed by atoms with Crippen LogP contribution < -0.4 is 33.7 Å². The van der Waals surface area contributed by atoms with Crippen LogP contribution in [0.1, 0.15) is 115 Å². The predicted molar refractivity (Wildman–Crippen MR) is 245 cm³/mol. The largest absolute Gasteiger partial charge is 0.493 e. The minimum Gasteiger partial charge on any atom is -0.493 e. The molecule has 3 aromatic carbocycles. The first-order valence-electron chi connectivity index (χ1n) is 22.5. The zero-order valence-electron chi connectivity index (χ0n) is 40.3. The Bertz CT molecular complexity index is 2230. The van der Waals surface area contributed by atoms with Crippen molar-refractivity contribution in [3.05, 3.63) is 71.3 Å². The van der Waals surface area contributed by atoms with Crippen LogP contribution in [0.15, 0.2) is 54.6 Å². The third kappa shape index (κ3) is 12.9. The number of nitrogens with zero attached hydrogens (tertiary/aromatic N) is 2. The molecule has 2 fully saturated rings. The number of imide groups is 1. The van der Waals surface area contributed by atoms with Crippen LogP contribution >= 0.6 is 0 Å². The van der Waals surface area contributed by atoms with Gasteiger partial charge in [-0.1, -0.05) is 25.1 Å². The molecule has 67 heavy (non-hydrogen) atoms. The zero-order valence-corrected chi connectivity index (χ0v) is 40.3. The number of aryl methyl sites for hydroxylation is 1. The summed E-state index contributed by atoms with van der Waals surface area (Å²) in [4.78, 5) is 86.1. The highest BCUT2D eigenvalue weighted by molar-refractivity contribution is 6.01. The normalized spacial score (nSPS) is 16.1. The maximum Gasteiger partial charge on any atom is 0.338 e. The first kappa shape index (κ1) is 51.5. The molecule has 0 bridgehead atoms. The second-order valence-corrected chi connectivity index (χ2v) is 17.9. The molecule has 0 aromatic heterocycles. The molecule has 0 saturated carbocycles. The molecule has 2 saturated heterocycles. The number of benzene rings is 3. The number of esters is 1. The van der Waals surface area contributed by atoms with Crippen molar-refractivity contribution in [1.82, 2.24) is 15.3 Å². The Labute approximate surface area is 392 Å². The van der Waals surface area contributed by atoms with Gasteiger partial charge in [0.25, 0.3) is 17.7 Å². The number of nitrogens with one attached hydrogen (secondary N) is 1. The molecule has 2 aliphatic rings. The fraction of sp³-hybridized carbons (Fsp3) is 0.520. The number of amides is 4. The van der Waals surface area contributed by atoms with Crippen LogP contribution in [0, 0.1) is 5.41 Å². The average molecular weight is 932 g/mol. The van der Waals surface area contributed by atoms with E-state index in [1.165, 1.54) is 21.3 Å². The third-order valence-electron chi connectivity index (χ3n) is 11.9. The monoisotopic (exact) mass is 931 g/mol. The Morgan fingerprint density at radius 1 is 0.776 bits per heavy atom. The van der Waals surface area contributed by atoms with E-state index < -0.39 is 58.7 Å². The topological polar surface area (TPSA) is 195 Å². The van der Waals surface area contributed by atoms with E-state index in [9.17, 15) is 28.8 Å². The van der Waals surface area contributed by atoms with Gasteiger partial charge >= 0.3 is 11.9 Å². The highest BCUT2D eigenvalue weighted by Gasteiger charge is 2.42. The van der Waals surface area contributed by atoms with Crippen LogP contribution in [-0.2, 0) is 44.8 Å². The van der Waals surface area contributed by atoms with Crippen molar-refractivity contribution in [3.8, 4) is 34.5 Å². The second kappa shape index (κ2) is 22.8. The van der Waals surface area contributed by atoms with Gasteiger partial charge in [0, 0.05) is 24.9 Å². The highest BCUT2D eigenvalue weighted by Crippen LogP contribution is 2.42. The summed E-state index contributed by atoms with van der Waals surface area (Å²) in [7, 11) is 7.66. The lowest BCUT2D eigenvalue weighted by Gasteiger charge is -2.37. The van der Waals surface area contributed by atoms with Gasteiger partial charge in [0.1, 0.15) is 17.9 Å². The summed E-state index contributed by atoms with van der Waals surface area (Å²) in [5.41, 5.74) is 0.0650. The number of hydrogen-bond acceptors (Lipinski definition) is 14. The standard InChI is InChI=1S/C50H65N3O14/c1-11-35(33-27-40(62-8)45(64-10)41(28-33)63-9)46(57)52-24-13-12-17-36(52)47(58)66-37(20-18-31-19-21-38(60-6)39(25-31)61-7)32-15-14-16-34(26-32)65-29-42(54)51-50(4,5)30-49(2,3)48(59)67-53-43(55)22-23-44(53)56/h14-16,19,21,25-28,35-37H,11-13,17-18,20,22-24,29-30H2,1-10H3,(H,51,54)/t35-,36-,37+/m0/s1. The Hall–Kier alpha value is -6.52. The number of likely N-dealkylation sites (tertiary alicyclic amines) is 1. The van der Waals surface area contributed by atoms with Gasteiger partial charge in [0.2, 0.25) is 11.7 Å². The van der Waals surface area contributed by atoms with Gasteiger partial charge in [-0.3, -0.25) is 19.2 Å². The van der Waals surface area contributed by atoms with Gasteiger partial charge < -0.3 is 48.2 Å². The molecule has 3 atom stereocenters. The van der Waals surface area contributed by atoms with Gasteiger partial charge in [-0.25, -0.2) is 9.59 Å². The van der Waals surface area contributed by atoms with E-state index >= 15 is 0 Å². The minimum absolute atomic E-state index is 0.0244. The number of methoxy groups -OCH3 is 5. The molecule has 364 valence electrons. The summed E-state index contributed by atoms with van der Waals surface area (Å²) in [6.07, 6.45) is 2.41. The predicted octanol–water partition coefficient (Wildman–Crippen LogP) is 6.82. The van der Waals surface area contributed by atoms with E-state index in [2.05, 4.69) is 5.32 Å². The fourth-order valence-electron chi connectivity index (χ4n) is 8.79. The maximum absolute atomic E-state index is 14.5. The van der Waals surface area contributed by atoms with Crippen molar-refractivity contribution in [1.29, 1.82) is 0 Å². The van der Waals surface area contributed by atoms with E-state index in [0.29, 0.717) is 82.9 Å². The zero-order chi connectivity index (χ0) is 49.1. The summed E-state index contributed by atoms with van der Waals surface area (Å²) in [6.45, 7) is 8.59. The SMILES string of the molecule is CC[C@H](C(=O)N1CCCC[C@H]1C(=O)O[C@H](CCc1ccc(OC)c(OC)c1)c1cccc(OCC(=O)NC(C)(C)CC(C)(C)C(=O)ON2C(=O)CCC2=O)c1)c1cc(OC)c(OC)c(OC)c1. The second-order valence-electron chi connectivity index (χ2n) is 17.9. The Morgan fingerprint density at radius 3 is 2.04 bits per heavy atom. The van der Waals surface area contributed by atoms with E-state index in [1.807, 2.05) is 31.2 Å². The lowest BCUT2D eigenvalue weighted by molar-refractivity contribution is -0.204. The van der Waals surface area contributed by atoms with Crippen molar-refractivity contribution in [2.45, 2.75) is 116 Å². The molecule has 17 nitrogen and oxygen atoms in total. The maximum atomic E-state index is 14.5. The van der Waals surface area contributed by atoms with Gasteiger partial charge in [-0.15, -0.1) is 5.06 Å². The number of ether oxygens (including phenoxy) is 7. The molecule has 0 aliphatic carbocycles. The van der Waals surface area contributed by atoms with Crippen LogP contribution in [0.5, 0.6) is 34.5 Å². The molecule has 17 heteroatoms. The summed E-state index contributed by atoms with van der Waals surface area (Å²) in [6, 6.07) is 15.2. The molecular weight excluding hydrogens is 867 g/mol. The lowest BCUT2D eigenvalue weighted by Crippen LogP contribution is -2.50. The molecule has 2 aliphatic heterocycles. The number of hydrogen-bond donors (Lipinski definition) is 1. The summed E-state index contributed by atoms with van der Waals surface area (Å²) < 4.78 is 40.0. The molecule has 4 amide bonds. The Balaban J connectivity index is 1.33. The quantitative estimate of drug-likeness (QED) is 0.0815. The van der Waals surface area contributed by atoms with E-state index in [1.54, 1.807) is 77.1 Å². The number of carbonyl (C=O) groups excluding carboxylic acids is 6. The Morgan fingerprint density at radius 2 is 1.43 bits per heavy atom. The van der Waals surface area contributed by atoms with Crippen LogP contribution in [0.3, 0.4) is 0 Å². The van der Waals surface area contributed by atoms with Crippen molar-refractivity contribution in [2.75, 3.05) is 48.7 Å². The molecule has 0 spiro atoms. The number of carbonyl (C=O) groups is 6. The molecule has 0 radical (unpaired) electrons. The van der Waals surface area contributed by atoms with Crippen LogP contribution in [0.2, 0.25) is 0 Å². The van der Waals surface area contributed by atoms with Crippen LogP contribution in [-0.4, -0.2) is 106 Å². The van der Waals surface area contributed by atoms with Crippen molar-refractivity contribution in [2.24, 2.45) is 5.41 Å². The number of rotatable bonds is 22. The molecule has 3 aromatic rings.